The van der Waals surface area contributed by atoms with Crippen LogP contribution in [-0.2, 0) is 52.8 Å². The lowest BCUT2D eigenvalue weighted by Crippen LogP contribution is -2.48. The molecule has 3 N–H and O–H groups in total. The number of amides is 3. The number of hydrogen-bond donors (Lipinski definition) is 3. The van der Waals surface area contributed by atoms with E-state index in [9.17, 15) is 28.4 Å². The Morgan fingerprint density at radius 3 is 2.42 bits per heavy atom. The highest BCUT2D eigenvalue weighted by atomic mass is 19.1. The third-order valence-electron chi connectivity index (χ3n) is 11.7. The Balaban J connectivity index is 1.11. The predicted octanol–water partition coefficient (Wildman–Crippen LogP) is 5.75. The second kappa shape index (κ2) is 17.3. The monoisotopic (exact) mass is 800 g/mol. The van der Waals surface area contributed by atoms with Crippen molar-refractivity contribution in [1.29, 1.82) is 0 Å². The Hall–Kier alpha value is -6.34. The van der Waals surface area contributed by atoms with Crippen molar-refractivity contribution in [2.75, 3.05) is 26.9 Å². The van der Waals surface area contributed by atoms with E-state index in [2.05, 4.69) is 15.6 Å². The van der Waals surface area contributed by atoms with Crippen LogP contribution < -0.4 is 10.6 Å². The third-order valence-corrected chi connectivity index (χ3v) is 11.7. The van der Waals surface area contributed by atoms with Crippen molar-refractivity contribution >= 4 is 40.6 Å². The summed E-state index contributed by atoms with van der Waals surface area (Å²) >= 11 is 0. The number of methoxy groups -OCH3 is 1. The van der Waals surface area contributed by atoms with Crippen LogP contribution in [0.4, 0.5) is 9.18 Å². The highest BCUT2D eigenvalue weighted by Crippen LogP contribution is 2.44. The Kier molecular flexibility index (Phi) is 11.5. The van der Waals surface area contributed by atoms with Gasteiger partial charge in [0.15, 0.2) is 5.78 Å². The van der Waals surface area contributed by atoms with Crippen molar-refractivity contribution in [2.45, 2.75) is 62.8 Å². The smallest absolute Gasteiger partial charge is 0.407 e. The van der Waals surface area contributed by atoms with Crippen LogP contribution in [0.2, 0.25) is 0 Å². The fraction of sp³-hybridized carbons (Fsp3) is 0.326. The second-order valence-corrected chi connectivity index (χ2v) is 15.4. The number of rotatable bonds is 7. The first-order valence-electron chi connectivity index (χ1n) is 19.9. The zero-order valence-corrected chi connectivity index (χ0v) is 32.6. The molecule has 3 heterocycles. The summed E-state index contributed by atoms with van der Waals surface area (Å²) in [5.74, 6) is -3.42. The van der Waals surface area contributed by atoms with Gasteiger partial charge in [0, 0.05) is 48.4 Å². The summed E-state index contributed by atoms with van der Waals surface area (Å²) in [6, 6.07) is 25.8. The molecule has 13 heteroatoms. The predicted molar refractivity (Wildman–Crippen MR) is 216 cm³/mol. The molecule has 4 atom stereocenters. The zero-order chi connectivity index (χ0) is 41.0. The van der Waals surface area contributed by atoms with Gasteiger partial charge in [0.2, 0.25) is 11.8 Å². The van der Waals surface area contributed by atoms with E-state index in [1.165, 1.54) is 24.1 Å². The summed E-state index contributed by atoms with van der Waals surface area (Å²) in [6.45, 7) is 0.127. The molecule has 4 bridgehead atoms. The van der Waals surface area contributed by atoms with Gasteiger partial charge in [-0.15, -0.1) is 0 Å². The molecule has 0 spiro atoms. The largest absolute Gasteiger partial charge is 0.469 e. The molecule has 1 fully saturated rings. The van der Waals surface area contributed by atoms with Crippen molar-refractivity contribution < 1.29 is 42.6 Å². The topological polar surface area (TPSA) is 156 Å². The van der Waals surface area contributed by atoms with Crippen LogP contribution in [0.3, 0.4) is 0 Å². The van der Waals surface area contributed by atoms with Crippen LogP contribution in [0.15, 0.2) is 97.2 Å². The summed E-state index contributed by atoms with van der Waals surface area (Å²) in [6.07, 6.45) is 0.237. The number of alkyl carbamates (subject to hydrolysis) is 1. The summed E-state index contributed by atoms with van der Waals surface area (Å²) in [5, 5.41) is 6.26. The number of nitrogens with one attached hydrogen (secondary N) is 3. The maximum atomic E-state index is 14.8. The van der Waals surface area contributed by atoms with E-state index >= 15 is 0 Å². The van der Waals surface area contributed by atoms with Crippen LogP contribution in [0, 0.1) is 11.7 Å². The lowest BCUT2D eigenvalue weighted by atomic mass is 9.88. The molecular weight excluding hydrogens is 756 g/mol. The Bertz CT molecular complexity index is 2370. The van der Waals surface area contributed by atoms with Gasteiger partial charge < -0.3 is 34.7 Å². The van der Waals surface area contributed by atoms with Crippen LogP contribution in [-0.4, -0.2) is 84.6 Å². The fourth-order valence-corrected chi connectivity index (χ4v) is 8.80. The van der Waals surface area contributed by atoms with E-state index in [1.807, 2.05) is 72.8 Å². The standard InChI is InChI=1S/C46H45FN4O8/c1-57-44(54)22-40-42-15-16-51(40)45(55)29(19-30-24-48-38-14-13-31(47)21-36(30)38)20-41(52)39(18-27-7-6-8-28(17-27)23-49-43(53)26-58-42)50-46(56)59-25-37-34-11-4-2-9-32(34)33-10-3-5-12-35(33)37/h2-14,17,21,24,29,37,39-40,42,48H,15-16,18-20,22-23,25-26H2,1H3,(H,49,53)(H,50,56)/t29-,39+,40-,42+/m1/s1. The number of H-pyrrole nitrogens is 1. The first-order chi connectivity index (χ1) is 28.6. The number of benzene rings is 4. The van der Waals surface area contributed by atoms with Crippen molar-refractivity contribution in [3.8, 4) is 11.1 Å². The minimum Gasteiger partial charge on any atom is -0.469 e. The number of ketones is 1. The average molecular weight is 801 g/mol. The number of halogens is 1. The Labute approximate surface area is 340 Å². The van der Waals surface area contributed by atoms with Crippen LogP contribution in [0.5, 0.6) is 0 Å². The number of Topliss-reactive ketones (excluding diaryl/α,β-unsaturated/α-hetero) is 1. The van der Waals surface area contributed by atoms with Crippen LogP contribution in [0.25, 0.3) is 22.0 Å². The lowest BCUT2D eigenvalue weighted by Gasteiger charge is -2.31. The number of aromatic amines is 1. The number of carbonyl (C=O) groups is 5. The van der Waals surface area contributed by atoms with E-state index in [4.69, 9.17) is 14.2 Å². The van der Waals surface area contributed by atoms with Gasteiger partial charge in [0.25, 0.3) is 0 Å². The molecule has 1 aliphatic carbocycles. The van der Waals surface area contributed by atoms with Crippen molar-refractivity contribution in [3.05, 3.63) is 131 Å². The normalized spacial score (nSPS) is 21.1. The Morgan fingerprint density at radius 2 is 1.66 bits per heavy atom. The highest BCUT2D eigenvalue weighted by molar-refractivity contribution is 5.93. The van der Waals surface area contributed by atoms with E-state index < -0.39 is 53.7 Å². The van der Waals surface area contributed by atoms with Crippen LogP contribution in [0.1, 0.15) is 53.0 Å². The summed E-state index contributed by atoms with van der Waals surface area (Å²) < 4.78 is 31.4. The summed E-state index contributed by atoms with van der Waals surface area (Å²) in [7, 11) is 1.25. The van der Waals surface area contributed by atoms with Gasteiger partial charge >= 0.3 is 12.1 Å². The van der Waals surface area contributed by atoms with Crippen molar-refractivity contribution in [2.24, 2.45) is 5.92 Å². The number of hydrogen-bond acceptors (Lipinski definition) is 8. The van der Waals surface area contributed by atoms with Gasteiger partial charge in [0.05, 0.1) is 31.7 Å². The third kappa shape index (κ3) is 8.61. The van der Waals surface area contributed by atoms with Gasteiger partial charge in [0.1, 0.15) is 19.0 Å². The number of carbonyl (C=O) groups excluding carboxylic acids is 5. The van der Waals surface area contributed by atoms with Crippen molar-refractivity contribution in [3.63, 3.8) is 0 Å². The lowest BCUT2D eigenvalue weighted by molar-refractivity contribution is -0.147. The molecule has 2 aliphatic heterocycles. The molecule has 5 aromatic rings. The molecule has 1 saturated heterocycles. The minimum absolute atomic E-state index is 0.0357. The van der Waals surface area contributed by atoms with Gasteiger partial charge in [-0.25, -0.2) is 9.18 Å². The van der Waals surface area contributed by atoms with E-state index in [0.717, 1.165) is 27.8 Å². The molecule has 304 valence electrons. The van der Waals surface area contributed by atoms with Crippen molar-refractivity contribution in [1.82, 2.24) is 20.5 Å². The van der Waals surface area contributed by atoms with Crippen LogP contribution >= 0.6 is 0 Å². The molecule has 8 rings (SSSR count). The molecule has 0 unspecified atom stereocenters. The quantitative estimate of drug-likeness (QED) is 0.176. The Morgan fingerprint density at radius 1 is 0.915 bits per heavy atom. The molecule has 12 nitrogen and oxygen atoms in total. The SMILES string of the molecule is COC(=O)C[C@@H]1[C@@H]2CCN1C(=O)[C@H](Cc1c[nH]c3ccc(F)cc13)CC(=O)[C@@H](NC(=O)OCC1c3ccccc3-c3ccccc31)Cc1cccc(c1)CNC(=O)CO2. The average Bonchev–Trinajstić information content (AvgIpc) is 3.93. The molecule has 3 amide bonds. The molecule has 3 aliphatic rings. The van der Waals surface area contributed by atoms with E-state index in [1.54, 1.807) is 12.3 Å². The maximum Gasteiger partial charge on any atom is 0.407 e. The molecule has 59 heavy (non-hydrogen) atoms. The van der Waals surface area contributed by atoms with Gasteiger partial charge in [-0.1, -0.05) is 72.8 Å². The highest BCUT2D eigenvalue weighted by Gasteiger charge is 2.43. The number of ether oxygens (including phenoxy) is 3. The molecule has 0 radical (unpaired) electrons. The van der Waals surface area contributed by atoms with Gasteiger partial charge in [-0.2, -0.15) is 0 Å². The minimum atomic E-state index is -1.11. The van der Waals surface area contributed by atoms with E-state index in [0.29, 0.717) is 28.5 Å². The summed E-state index contributed by atoms with van der Waals surface area (Å²) in [5.41, 5.74) is 7.01. The number of fused-ring (bicyclic) bond motifs is 8. The van der Waals surface area contributed by atoms with E-state index in [-0.39, 0.29) is 63.8 Å². The fourth-order valence-electron chi connectivity index (χ4n) is 8.80. The van der Waals surface area contributed by atoms with Gasteiger partial charge in [-0.05, 0) is 76.4 Å². The first-order valence-corrected chi connectivity index (χ1v) is 19.9. The molecule has 1 aromatic heterocycles. The maximum absolute atomic E-state index is 14.8. The number of esters is 1. The zero-order valence-electron chi connectivity index (χ0n) is 32.6. The molecule has 0 saturated carbocycles. The first kappa shape index (κ1) is 39.5. The number of aromatic nitrogens is 1. The second-order valence-electron chi connectivity index (χ2n) is 15.4. The molecular formula is C46H45FN4O8. The summed E-state index contributed by atoms with van der Waals surface area (Å²) in [4.78, 5) is 73.5. The number of nitrogens with zero attached hydrogens (tertiary/aromatic N) is 1. The van der Waals surface area contributed by atoms with Gasteiger partial charge in [-0.3, -0.25) is 19.2 Å². The molecule has 4 aromatic carbocycles.